The molecule has 5 heteroatoms. The molecule has 3 rings (SSSR count). The number of hydrogen-bond acceptors (Lipinski definition) is 4. The van der Waals surface area contributed by atoms with Crippen molar-refractivity contribution in [1.29, 1.82) is 0 Å². The molecule has 0 aromatic rings. The maximum Gasteiger partial charge on any atom is 0.267 e. The second-order valence-corrected chi connectivity index (χ2v) is 4.00. The Bertz CT molecular complexity index is 642. The van der Waals surface area contributed by atoms with Crippen LogP contribution in [0.5, 0.6) is 0 Å². The van der Waals surface area contributed by atoms with E-state index in [9.17, 15) is 4.79 Å². The Labute approximate surface area is 104 Å². The molecule has 0 aromatic heterocycles. The van der Waals surface area contributed by atoms with E-state index in [4.69, 9.17) is 5.73 Å². The molecule has 0 fully saturated rings. The number of allylic oxidation sites excluding steroid dienone is 4. The standard InChI is InChI=1S/C13H10N4O/c14-13(18)12-9-6-11-10(5-8(9)7-17-12)15-3-1-2-4-16-11/h1-4,6-7H,5H2,(H2,14,18)/b2-1-,3-1?,4-2?,15-3?,15-10?,16-4?,16-11?. The zero-order valence-corrected chi connectivity index (χ0v) is 9.50. The average molecular weight is 238 g/mol. The number of nitrogens with zero attached hydrogens (tertiary/aromatic N) is 3. The van der Waals surface area contributed by atoms with Gasteiger partial charge in [-0.25, -0.2) is 0 Å². The summed E-state index contributed by atoms with van der Waals surface area (Å²) < 4.78 is 0. The SMILES string of the molecule is NC(=O)C1=NC=C2CC3=C(C=C21)N=C/C=C\C=N3. The second-order valence-electron chi connectivity index (χ2n) is 4.00. The van der Waals surface area contributed by atoms with Gasteiger partial charge in [0, 0.05) is 30.6 Å². The predicted molar refractivity (Wildman–Crippen MR) is 70.6 cm³/mol. The molecule has 0 saturated carbocycles. The number of amides is 1. The Morgan fingerprint density at radius 2 is 2.00 bits per heavy atom. The molecule has 18 heavy (non-hydrogen) atoms. The van der Waals surface area contributed by atoms with Gasteiger partial charge in [-0.1, -0.05) is 0 Å². The van der Waals surface area contributed by atoms with Crippen molar-refractivity contribution >= 4 is 24.0 Å². The summed E-state index contributed by atoms with van der Waals surface area (Å²) in [6.07, 6.45) is 11.1. The third-order valence-corrected chi connectivity index (χ3v) is 2.85. The van der Waals surface area contributed by atoms with Crippen LogP contribution >= 0.6 is 0 Å². The first-order valence-corrected chi connectivity index (χ1v) is 5.51. The highest BCUT2D eigenvalue weighted by molar-refractivity contribution is 6.47. The maximum absolute atomic E-state index is 11.3. The van der Waals surface area contributed by atoms with Gasteiger partial charge in [0.05, 0.1) is 11.4 Å². The van der Waals surface area contributed by atoms with Crippen LogP contribution in [-0.2, 0) is 4.79 Å². The highest BCUT2D eigenvalue weighted by Crippen LogP contribution is 2.34. The van der Waals surface area contributed by atoms with E-state index in [0.29, 0.717) is 12.1 Å². The molecule has 3 aliphatic rings. The van der Waals surface area contributed by atoms with Crippen LogP contribution < -0.4 is 5.73 Å². The first kappa shape index (κ1) is 10.6. The fourth-order valence-electron chi connectivity index (χ4n) is 2.00. The number of nitrogens with two attached hydrogens (primary N) is 1. The summed E-state index contributed by atoms with van der Waals surface area (Å²) in [4.78, 5) is 24.0. The van der Waals surface area contributed by atoms with Gasteiger partial charge in [0.2, 0.25) is 0 Å². The van der Waals surface area contributed by atoms with Crippen LogP contribution in [0, 0.1) is 0 Å². The number of primary amides is 1. The van der Waals surface area contributed by atoms with E-state index in [1.165, 1.54) is 0 Å². The molecule has 88 valence electrons. The topological polar surface area (TPSA) is 80.2 Å². The van der Waals surface area contributed by atoms with E-state index in [1.807, 2.05) is 12.2 Å². The largest absolute Gasteiger partial charge is 0.364 e. The molecule has 0 aromatic carbocycles. The molecular weight excluding hydrogens is 228 g/mol. The molecule has 0 unspecified atom stereocenters. The highest BCUT2D eigenvalue weighted by Gasteiger charge is 2.27. The van der Waals surface area contributed by atoms with Crippen LogP contribution in [0.4, 0.5) is 0 Å². The van der Waals surface area contributed by atoms with Crippen LogP contribution in [0.3, 0.4) is 0 Å². The molecule has 0 bridgehead atoms. The molecule has 0 atom stereocenters. The Morgan fingerprint density at radius 1 is 1.22 bits per heavy atom. The number of rotatable bonds is 1. The fraction of sp³-hybridized carbons (Fsp3) is 0.0769. The summed E-state index contributed by atoms with van der Waals surface area (Å²) in [6.45, 7) is 0. The Morgan fingerprint density at radius 3 is 2.78 bits per heavy atom. The van der Waals surface area contributed by atoms with Crippen LogP contribution in [0.2, 0.25) is 0 Å². The molecule has 1 aliphatic carbocycles. The number of fused-ring (bicyclic) bond motifs is 1. The lowest BCUT2D eigenvalue weighted by Gasteiger charge is -2.15. The fourth-order valence-corrected chi connectivity index (χ4v) is 2.00. The van der Waals surface area contributed by atoms with Gasteiger partial charge in [-0.15, -0.1) is 0 Å². The molecule has 1 amide bonds. The lowest BCUT2D eigenvalue weighted by atomic mass is 9.93. The van der Waals surface area contributed by atoms with Crippen molar-refractivity contribution in [2.45, 2.75) is 6.42 Å². The highest BCUT2D eigenvalue weighted by atomic mass is 16.1. The normalized spacial score (nSPS) is 22.3. The summed E-state index contributed by atoms with van der Waals surface area (Å²) in [5, 5.41) is 0. The summed E-state index contributed by atoms with van der Waals surface area (Å²) in [6, 6.07) is 0. The minimum atomic E-state index is -0.519. The van der Waals surface area contributed by atoms with Gasteiger partial charge in [-0.2, -0.15) is 0 Å². The van der Waals surface area contributed by atoms with Crippen molar-refractivity contribution in [3.05, 3.63) is 47.0 Å². The first-order chi connectivity index (χ1) is 8.75. The number of carbonyl (C=O) groups excluding carboxylic acids is 1. The minimum absolute atomic E-state index is 0.299. The van der Waals surface area contributed by atoms with Crippen molar-refractivity contribution < 1.29 is 4.79 Å². The van der Waals surface area contributed by atoms with Gasteiger partial charge in [-0.3, -0.25) is 19.8 Å². The second kappa shape index (κ2) is 4.03. The van der Waals surface area contributed by atoms with Gasteiger partial charge in [-0.05, 0) is 23.8 Å². The number of aliphatic imine (C=N–C) groups is 3. The number of hydrogen-bond donors (Lipinski definition) is 1. The lowest BCUT2D eigenvalue weighted by Crippen LogP contribution is -2.24. The van der Waals surface area contributed by atoms with Crippen LogP contribution in [-0.4, -0.2) is 24.0 Å². The summed E-state index contributed by atoms with van der Waals surface area (Å²) in [7, 11) is 0. The first-order valence-electron chi connectivity index (χ1n) is 5.51. The molecule has 5 nitrogen and oxygen atoms in total. The van der Waals surface area contributed by atoms with Gasteiger partial charge in [0.25, 0.3) is 5.91 Å². The molecule has 2 aliphatic heterocycles. The zero-order chi connectivity index (χ0) is 12.5. The van der Waals surface area contributed by atoms with E-state index >= 15 is 0 Å². The molecule has 2 heterocycles. The number of carbonyl (C=O) groups is 1. The minimum Gasteiger partial charge on any atom is -0.364 e. The van der Waals surface area contributed by atoms with Crippen molar-refractivity contribution in [2.75, 3.05) is 0 Å². The van der Waals surface area contributed by atoms with Gasteiger partial charge in [0.15, 0.2) is 0 Å². The predicted octanol–water partition coefficient (Wildman–Crippen LogP) is 1.06. The molecule has 0 saturated heterocycles. The Balaban J connectivity index is 2.06. The average Bonchev–Trinajstić information content (AvgIpc) is 2.71. The van der Waals surface area contributed by atoms with E-state index < -0.39 is 5.91 Å². The zero-order valence-electron chi connectivity index (χ0n) is 9.50. The van der Waals surface area contributed by atoms with E-state index in [2.05, 4.69) is 15.0 Å². The monoisotopic (exact) mass is 238 g/mol. The van der Waals surface area contributed by atoms with Gasteiger partial charge >= 0.3 is 0 Å². The Hall–Kier alpha value is -2.56. The van der Waals surface area contributed by atoms with Crippen LogP contribution in [0.15, 0.2) is 61.9 Å². The van der Waals surface area contributed by atoms with E-state index in [0.717, 1.165) is 22.5 Å². The smallest absolute Gasteiger partial charge is 0.267 e. The van der Waals surface area contributed by atoms with Gasteiger partial charge < -0.3 is 5.73 Å². The third kappa shape index (κ3) is 1.66. The van der Waals surface area contributed by atoms with Crippen LogP contribution in [0.1, 0.15) is 6.42 Å². The van der Waals surface area contributed by atoms with Crippen molar-refractivity contribution in [3.63, 3.8) is 0 Å². The molecule has 0 radical (unpaired) electrons. The van der Waals surface area contributed by atoms with Crippen molar-refractivity contribution in [2.24, 2.45) is 20.7 Å². The van der Waals surface area contributed by atoms with Crippen LogP contribution in [0.25, 0.3) is 0 Å². The maximum atomic E-state index is 11.3. The molecule has 2 N–H and O–H groups in total. The summed E-state index contributed by atoms with van der Waals surface area (Å²) >= 11 is 0. The van der Waals surface area contributed by atoms with Crippen molar-refractivity contribution in [3.8, 4) is 0 Å². The van der Waals surface area contributed by atoms with E-state index in [1.54, 1.807) is 24.7 Å². The molecule has 0 spiro atoms. The van der Waals surface area contributed by atoms with Gasteiger partial charge in [0.1, 0.15) is 5.71 Å². The molecular formula is C13H10N4O. The Kier molecular flexibility index (Phi) is 2.37. The quantitative estimate of drug-likeness (QED) is 0.728. The summed E-state index contributed by atoms with van der Waals surface area (Å²) in [5.74, 6) is -0.519. The van der Waals surface area contributed by atoms with Crippen molar-refractivity contribution in [1.82, 2.24) is 0 Å². The summed E-state index contributed by atoms with van der Waals surface area (Å²) in [5.41, 5.74) is 8.92. The van der Waals surface area contributed by atoms with E-state index in [-0.39, 0.29) is 0 Å². The lowest BCUT2D eigenvalue weighted by molar-refractivity contribution is -0.111. The third-order valence-electron chi connectivity index (χ3n) is 2.85.